The molecule has 10 nitrogen and oxygen atoms in total. The van der Waals surface area contributed by atoms with Crippen LogP contribution in [0.4, 0.5) is 0 Å². The lowest BCUT2D eigenvalue weighted by Gasteiger charge is -2.25. The lowest BCUT2D eigenvalue weighted by Crippen LogP contribution is -2.57. The molecule has 0 saturated heterocycles. The standard InChI is InChI=1S/C26H34N4O6/c1-3-16(2)23(27)26(36)30-21(13-17-7-5-4-6-8-17)25(35)29-20(24(34)28-15-22(32)33)14-18-9-11-19(31)12-10-18/h4-12,16,20-21,23,31H,3,13-15,27H2,1-2H3,(H,28,34)(H,29,35)(H,30,36)(H,32,33). The van der Waals surface area contributed by atoms with E-state index >= 15 is 0 Å². The molecule has 2 aromatic carbocycles. The lowest BCUT2D eigenvalue weighted by molar-refractivity contribution is -0.138. The van der Waals surface area contributed by atoms with E-state index in [2.05, 4.69) is 16.0 Å². The van der Waals surface area contributed by atoms with Crippen molar-refractivity contribution in [3.63, 3.8) is 0 Å². The number of carboxylic acid groups (broad SMARTS) is 1. The van der Waals surface area contributed by atoms with Gasteiger partial charge in [0.2, 0.25) is 17.7 Å². The van der Waals surface area contributed by atoms with Crippen molar-refractivity contribution in [3.05, 3.63) is 65.7 Å². The predicted molar refractivity (Wildman–Crippen MR) is 134 cm³/mol. The first-order valence-electron chi connectivity index (χ1n) is 11.8. The molecule has 2 aromatic rings. The van der Waals surface area contributed by atoms with Crippen LogP contribution in [-0.4, -0.2) is 58.6 Å². The number of rotatable bonds is 13. The fraction of sp³-hybridized carbons (Fsp3) is 0.385. The molecule has 2 rings (SSSR count). The van der Waals surface area contributed by atoms with Gasteiger partial charge in [-0.3, -0.25) is 19.2 Å². The Morgan fingerprint density at radius 2 is 1.36 bits per heavy atom. The number of amides is 3. The van der Waals surface area contributed by atoms with Crippen LogP contribution in [0.1, 0.15) is 31.4 Å². The van der Waals surface area contributed by atoms with E-state index in [0.29, 0.717) is 12.0 Å². The number of aliphatic carboxylic acids is 1. The molecule has 194 valence electrons. The maximum absolute atomic E-state index is 13.3. The Balaban J connectivity index is 2.26. The Bertz CT molecular complexity index is 1030. The number of hydrogen-bond acceptors (Lipinski definition) is 6. The molecule has 0 fully saturated rings. The molecule has 0 spiro atoms. The van der Waals surface area contributed by atoms with Crippen LogP contribution in [0.3, 0.4) is 0 Å². The zero-order chi connectivity index (χ0) is 26.7. The first-order valence-corrected chi connectivity index (χ1v) is 11.8. The zero-order valence-corrected chi connectivity index (χ0v) is 20.4. The van der Waals surface area contributed by atoms with Gasteiger partial charge in [-0.2, -0.15) is 0 Å². The van der Waals surface area contributed by atoms with Crippen LogP contribution in [0.2, 0.25) is 0 Å². The Labute approximate surface area is 210 Å². The molecular formula is C26H34N4O6. The maximum Gasteiger partial charge on any atom is 0.322 e. The highest BCUT2D eigenvalue weighted by molar-refractivity contribution is 5.94. The van der Waals surface area contributed by atoms with Crippen LogP contribution < -0.4 is 21.7 Å². The molecule has 4 atom stereocenters. The quantitative estimate of drug-likeness (QED) is 0.236. The van der Waals surface area contributed by atoms with Gasteiger partial charge in [0.05, 0.1) is 6.04 Å². The molecule has 0 radical (unpaired) electrons. The Morgan fingerprint density at radius 3 is 1.92 bits per heavy atom. The molecule has 0 aliphatic carbocycles. The molecule has 0 aliphatic rings. The molecule has 0 aliphatic heterocycles. The van der Waals surface area contributed by atoms with E-state index in [4.69, 9.17) is 10.8 Å². The van der Waals surface area contributed by atoms with Crippen molar-refractivity contribution in [2.45, 2.75) is 51.2 Å². The normalized spacial score (nSPS) is 14.1. The average molecular weight is 499 g/mol. The largest absolute Gasteiger partial charge is 0.508 e. The smallest absolute Gasteiger partial charge is 0.322 e. The monoisotopic (exact) mass is 498 g/mol. The SMILES string of the molecule is CCC(C)C(N)C(=O)NC(Cc1ccccc1)C(=O)NC(Cc1ccc(O)cc1)C(=O)NCC(=O)O. The minimum absolute atomic E-state index is 0.0376. The Hall–Kier alpha value is -3.92. The van der Waals surface area contributed by atoms with E-state index in [1.807, 2.05) is 44.2 Å². The third kappa shape index (κ3) is 9.03. The van der Waals surface area contributed by atoms with Crippen LogP contribution in [0.5, 0.6) is 5.75 Å². The first kappa shape index (κ1) is 28.3. The summed E-state index contributed by atoms with van der Waals surface area (Å²) in [5.74, 6) is -3.08. The molecule has 10 heteroatoms. The van der Waals surface area contributed by atoms with E-state index in [1.165, 1.54) is 12.1 Å². The number of carbonyl (C=O) groups excluding carboxylic acids is 3. The molecule has 7 N–H and O–H groups in total. The highest BCUT2D eigenvalue weighted by Gasteiger charge is 2.29. The number of phenols is 1. The summed E-state index contributed by atoms with van der Waals surface area (Å²) in [6.45, 7) is 3.14. The van der Waals surface area contributed by atoms with Gasteiger partial charge in [0.1, 0.15) is 24.4 Å². The highest BCUT2D eigenvalue weighted by atomic mass is 16.4. The molecule has 3 amide bonds. The third-order valence-electron chi connectivity index (χ3n) is 5.90. The van der Waals surface area contributed by atoms with E-state index in [0.717, 1.165) is 5.56 Å². The molecule has 0 saturated carbocycles. The number of carbonyl (C=O) groups is 4. The molecule has 36 heavy (non-hydrogen) atoms. The predicted octanol–water partition coefficient (Wildman–Crippen LogP) is 0.721. The maximum atomic E-state index is 13.3. The fourth-order valence-electron chi connectivity index (χ4n) is 3.47. The van der Waals surface area contributed by atoms with Gasteiger partial charge in [-0.05, 0) is 29.2 Å². The third-order valence-corrected chi connectivity index (χ3v) is 5.90. The number of hydrogen-bond donors (Lipinski definition) is 6. The van der Waals surface area contributed by atoms with Crippen molar-refractivity contribution in [1.82, 2.24) is 16.0 Å². The summed E-state index contributed by atoms with van der Waals surface area (Å²) >= 11 is 0. The van der Waals surface area contributed by atoms with Gasteiger partial charge in [-0.15, -0.1) is 0 Å². The Kier molecular flexibility index (Phi) is 10.9. The number of benzene rings is 2. The van der Waals surface area contributed by atoms with Crippen LogP contribution >= 0.6 is 0 Å². The molecule has 0 heterocycles. The minimum atomic E-state index is -1.23. The molecular weight excluding hydrogens is 464 g/mol. The van der Waals surface area contributed by atoms with Crippen molar-refractivity contribution >= 4 is 23.7 Å². The summed E-state index contributed by atoms with van der Waals surface area (Å²) < 4.78 is 0. The summed E-state index contributed by atoms with van der Waals surface area (Å²) in [6, 6.07) is 12.2. The minimum Gasteiger partial charge on any atom is -0.508 e. The molecule has 4 unspecified atom stereocenters. The number of nitrogens with two attached hydrogens (primary N) is 1. The summed E-state index contributed by atoms with van der Waals surface area (Å²) in [7, 11) is 0. The van der Waals surface area contributed by atoms with E-state index in [-0.39, 0.29) is 24.5 Å². The van der Waals surface area contributed by atoms with Crippen molar-refractivity contribution in [2.75, 3.05) is 6.54 Å². The summed E-state index contributed by atoms with van der Waals surface area (Å²) in [5.41, 5.74) is 7.48. The van der Waals surface area contributed by atoms with Gasteiger partial charge in [-0.1, -0.05) is 62.7 Å². The lowest BCUT2D eigenvalue weighted by atomic mass is 9.98. The first-order chi connectivity index (χ1) is 17.1. The van der Waals surface area contributed by atoms with Crippen molar-refractivity contribution in [3.8, 4) is 5.75 Å². The second-order valence-corrected chi connectivity index (χ2v) is 8.71. The van der Waals surface area contributed by atoms with Crippen LogP contribution in [-0.2, 0) is 32.0 Å². The highest BCUT2D eigenvalue weighted by Crippen LogP contribution is 2.12. The van der Waals surface area contributed by atoms with Gasteiger partial charge in [0, 0.05) is 12.8 Å². The van der Waals surface area contributed by atoms with Crippen molar-refractivity contribution < 1.29 is 29.4 Å². The summed E-state index contributed by atoms with van der Waals surface area (Å²) in [4.78, 5) is 49.8. The van der Waals surface area contributed by atoms with Gasteiger partial charge < -0.3 is 31.9 Å². The van der Waals surface area contributed by atoms with Crippen molar-refractivity contribution in [2.24, 2.45) is 11.7 Å². The number of phenolic OH excluding ortho intramolecular Hbond substituents is 1. The number of carboxylic acids is 1. The number of nitrogens with one attached hydrogen (secondary N) is 3. The Morgan fingerprint density at radius 1 is 0.833 bits per heavy atom. The van der Waals surface area contributed by atoms with Crippen LogP contribution in [0.25, 0.3) is 0 Å². The summed E-state index contributed by atoms with van der Waals surface area (Å²) in [6.07, 6.45) is 0.882. The van der Waals surface area contributed by atoms with Crippen LogP contribution in [0.15, 0.2) is 54.6 Å². The van der Waals surface area contributed by atoms with Crippen LogP contribution in [0, 0.1) is 5.92 Å². The van der Waals surface area contributed by atoms with Crippen molar-refractivity contribution in [1.29, 1.82) is 0 Å². The zero-order valence-electron chi connectivity index (χ0n) is 20.4. The van der Waals surface area contributed by atoms with Gasteiger partial charge in [0.25, 0.3) is 0 Å². The second kappa shape index (κ2) is 13.8. The van der Waals surface area contributed by atoms with E-state index in [1.54, 1.807) is 12.1 Å². The summed E-state index contributed by atoms with van der Waals surface area (Å²) in [5, 5.41) is 26.1. The van der Waals surface area contributed by atoms with E-state index in [9.17, 15) is 24.3 Å². The number of aromatic hydroxyl groups is 1. The average Bonchev–Trinajstić information content (AvgIpc) is 2.87. The molecule has 0 bridgehead atoms. The van der Waals surface area contributed by atoms with Gasteiger partial charge >= 0.3 is 5.97 Å². The topological polar surface area (TPSA) is 171 Å². The van der Waals surface area contributed by atoms with Gasteiger partial charge in [-0.25, -0.2) is 0 Å². The fourth-order valence-corrected chi connectivity index (χ4v) is 3.47. The van der Waals surface area contributed by atoms with Gasteiger partial charge in [0.15, 0.2) is 0 Å². The molecule has 0 aromatic heterocycles. The second-order valence-electron chi connectivity index (χ2n) is 8.71. The van der Waals surface area contributed by atoms with E-state index < -0.39 is 48.4 Å².